The molecule has 0 radical (unpaired) electrons. The fourth-order valence-corrected chi connectivity index (χ4v) is 2.43. The lowest BCUT2D eigenvalue weighted by Gasteiger charge is -2.10. The number of benzene rings is 1. The Bertz CT molecular complexity index is 844. The van der Waals surface area contributed by atoms with Crippen LogP contribution in [0.4, 0.5) is 0 Å². The Morgan fingerprint density at radius 2 is 2.16 bits per heavy atom. The van der Waals surface area contributed by atoms with Crippen LogP contribution in [0.3, 0.4) is 0 Å². The second kappa shape index (κ2) is 8.48. The van der Waals surface area contributed by atoms with Gasteiger partial charge in [-0.2, -0.15) is 5.10 Å². The van der Waals surface area contributed by atoms with Crippen LogP contribution in [0, 0.1) is 0 Å². The zero-order valence-electron chi connectivity index (χ0n) is 14.3. The summed E-state index contributed by atoms with van der Waals surface area (Å²) in [5, 5.41) is 4.34. The zero-order valence-corrected chi connectivity index (χ0v) is 15.1. The van der Waals surface area contributed by atoms with Crippen molar-refractivity contribution in [3.05, 3.63) is 63.0 Å². The van der Waals surface area contributed by atoms with Crippen molar-refractivity contribution in [2.75, 3.05) is 6.61 Å². The maximum absolute atomic E-state index is 12.2. The Morgan fingerprint density at radius 3 is 2.80 bits per heavy atom. The summed E-state index contributed by atoms with van der Waals surface area (Å²) >= 11 is 6.10. The Hall–Kier alpha value is -2.60. The second-order valence-electron chi connectivity index (χ2n) is 5.55. The topological polar surface area (TPSA) is 72.7 Å². The van der Waals surface area contributed by atoms with E-state index in [4.69, 9.17) is 16.3 Å². The Kier molecular flexibility index (Phi) is 6.36. The van der Waals surface area contributed by atoms with Gasteiger partial charge in [-0.1, -0.05) is 11.6 Å². The molecule has 1 heterocycles. The van der Waals surface area contributed by atoms with Gasteiger partial charge < -0.3 is 9.30 Å². The van der Waals surface area contributed by atoms with Crippen LogP contribution in [0.15, 0.2) is 46.4 Å². The molecule has 0 bridgehead atoms. The molecule has 1 aromatic carbocycles. The van der Waals surface area contributed by atoms with E-state index in [1.807, 2.05) is 20.8 Å². The first-order chi connectivity index (χ1) is 11.9. The first-order valence-corrected chi connectivity index (χ1v) is 8.28. The molecule has 0 saturated heterocycles. The van der Waals surface area contributed by atoms with Gasteiger partial charge in [0.05, 0.1) is 17.8 Å². The fourth-order valence-electron chi connectivity index (χ4n) is 2.19. The molecule has 1 aromatic heterocycles. The Labute approximate surface area is 151 Å². The van der Waals surface area contributed by atoms with E-state index in [0.717, 1.165) is 0 Å². The number of hydrogen-bond donors (Lipinski definition) is 1. The molecular formula is C18H20ClN3O3. The number of carbonyl (C=O) groups excluding carboxylic acids is 1. The van der Waals surface area contributed by atoms with Crippen molar-refractivity contribution in [3.63, 3.8) is 0 Å². The monoisotopic (exact) mass is 361 g/mol. The third-order valence-corrected chi connectivity index (χ3v) is 3.71. The maximum Gasteiger partial charge on any atom is 0.276 e. The van der Waals surface area contributed by atoms with Crippen molar-refractivity contribution >= 4 is 23.7 Å². The Morgan fingerprint density at radius 1 is 1.40 bits per heavy atom. The molecule has 0 unspecified atom stereocenters. The van der Waals surface area contributed by atoms with Gasteiger partial charge in [-0.05, 0) is 56.7 Å². The third-order valence-electron chi connectivity index (χ3n) is 3.41. The SMILES string of the molecule is CCOc1ccc(/C=N\NC(=O)c2cccn(C(C)C)c2=O)cc1Cl. The molecule has 1 N–H and O–H groups in total. The van der Waals surface area contributed by atoms with Gasteiger partial charge in [0.25, 0.3) is 11.5 Å². The average molecular weight is 362 g/mol. The number of hydrogen-bond acceptors (Lipinski definition) is 4. The summed E-state index contributed by atoms with van der Waals surface area (Å²) < 4.78 is 6.84. The largest absolute Gasteiger partial charge is 0.492 e. The van der Waals surface area contributed by atoms with E-state index in [9.17, 15) is 9.59 Å². The van der Waals surface area contributed by atoms with Gasteiger partial charge >= 0.3 is 0 Å². The van der Waals surface area contributed by atoms with Crippen molar-refractivity contribution in [2.45, 2.75) is 26.8 Å². The summed E-state index contributed by atoms with van der Waals surface area (Å²) in [4.78, 5) is 24.4. The number of aromatic nitrogens is 1. The summed E-state index contributed by atoms with van der Waals surface area (Å²) in [6.07, 6.45) is 3.10. The first kappa shape index (κ1) is 18.7. The number of nitrogens with zero attached hydrogens (tertiary/aromatic N) is 2. The molecule has 0 spiro atoms. The van der Waals surface area contributed by atoms with Crippen LogP contribution in [0.2, 0.25) is 5.02 Å². The van der Waals surface area contributed by atoms with E-state index in [1.165, 1.54) is 16.8 Å². The lowest BCUT2D eigenvalue weighted by Crippen LogP contribution is -2.31. The highest BCUT2D eigenvalue weighted by Crippen LogP contribution is 2.24. The van der Waals surface area contributed by atoms with Gasteiger partial charge in [0, 0.05) is 12.2 Å². The molecule has 2 rings (SSSR count). The van der Waals surface area contributed by atoms with Gasteiger partial charge in [0.15, 0.2) is 0 Å². The van der Waals surface area contributed by atoms with Gasteiger partial charge in [0.2, 0.25) is 0 Å². The quantitative estimate of drug-likeness (QED) is 0.634. The standard InChI is InChI=1S/C18H20ClN3O3/c1-4-25-16-8-7-13(10-15(16)19)11-20-21-17(23)14-6-5-9-22(12(2)3)18(14)24/h5-12H,4H2,1-3H3,(H,21,23)/b20-11-. The van der Waals surface area contributed by atoms with Crippen molar-refractivity contribution in [2.24, 2.45) is 5.10 Å². The van der Waals surface area contributed by atoms with E-state index in [2.05, 4.69) is 10.5 Å². The molecule has 25 heavy (non-hydrogen) atoms. The van der Waals surface area contributed by atoms with Gasteiger partial charge in [-0.3, -0.25) is 9.59 Å². The number of hydrazone groups is 1. The molecular weight excluding hydrogens is 342 g/mol. The maximum atomic E-state index is 12.2. The molecule has 0 atom stereocenters. The molecule has 7 heteroatoms. The summed E-state index contributed by atoms with van der Waals surface area (Å²) in [6, 6.07) is 8.27. The number of ether oxygens (including phenoxy) is 1. The first-order valence-electron chi connectivity index (χ1n) is 7.91. The molecule has 0 aliphatic carbocycles. The fraction of sp³-hybridized carbons (Fsp3) is 0.278. The lowest BCUT2D eigenvalue weighted by atomic mass is 10.2. The molecule has 0 fully saturated rings. The predicted molar refractivity (Wildman–Crippen MR) is 98.8 cm³/mol. The van der Waals surface area contributed by atoms with Crippen LogP contribution in [0.25, 0.3) is 0 Å². The molecule has 2 aromatic rings. The highest BCUT2D eigenvalue weighted by molar-refractivity contribution is 6.32. The number of nitrogens with one attached hydrogen (secondary N) is 1. The van der Waals surface area contributed by atoms with Crippen molar-refractivity contribution < 1.29 is 9.53 Å². The third kappa shape index (κ3) is 4.70. The smallest absolute Gasteiger partial charge is 0.276 e. The summed E-state index contributed by atoms with van der Waals surface area (Å²) in [7, 11) is 0. The van der Waals surface area contributed by atoms with Crippen LogP contribution in [-0.4, -0.2) is 23.3 Å². The van der Waals surface area contributed by atoms with Crippen LogP contribution in [0.1, 0.15) is 42.7 Å². The number of halogens is 1. The zero-order chi connectivity index (χ0) is 18.4. The second-order valence-corrected chi connectivity index (χ2v) is 5.96. The number of pyridine rings is 1. The lowest BCUT2D eigenvalue weighted by molar-refractivity contribution is 0.0953. The molecule has 0 aliphatic heterocycles. The Balaban J connectivity index is 2.10. The van der Waals surface area contributed by atoms with Crippen molar-refractivity contribution in [3.8, 4) is 5.75 Å². The molecule has 6 nitrogen and oxygen atoms in total. The molecule has 0 saturated carbocycles. The summed E-state index contributed by atoms with van der Waals surface area (Å²) in [5.74, 6) is 0.0251. The van der Waals surface area contributed by atoms with Crippen LogP contribution < -0.4 is 15.7 Å². The van der Waals surface area contributed by atoms with E-state index in [1.54, 1.807) is 30.5 Å². The van der Waals surface area contributed by atoms with E-state index < -0.39 is 5.91 Å². The van der Waals surface area contributed by atoms with E-state index >= 15 is 0 Å². The summed E-state index contributed by atoms with van der Waals surface area (Å²) in [6.45, 7) is 6.14. The van der Waals surface area contributed by atoms with Crippen LogP contribution in [-0.2, 0) is 0 Å². The number of carbonyl (C=O) groups is 1. The van der Waals surface area contributed by atoms with Gasteiger partial charge in [-0.15, -0.1) is 0 Å². The summed E-state index contributed by atoms with van der Waals surface area (Å²) in [5.41, 5.74) is 2.74. The van der Waals surface area contributed by atoms with E-state index in [-0.39, 0.29) is 17.2 Å². The average Bonchev–Trinajstić information content (AvgIpc) is 2.57. The van der Waals surface area contributed by atoms with Crippen molar-refractivity contribution in [1.82, 2.24) is 9.99 Å². The number of amides is 1. The number of rotatable bonds is 6. The van der Waals surface area contributed by atoms with E-state index in [0.29, 0.717) is 22.9 Å². The normalized spacial score (nSPS) is 11.1. The molecule has 132 valence electrons. The molecule has 0 aliphatic rings. The minimum absolute atomic E-state index is 0.0326. The van der Waals surface area contributed by atoms with Crippen LogP contribution in [0.5, 0.6) is 5.75 Å². The van der Waals surface area contributed by atoms with Crippen LogP contribution >= 0.6 is 11.6 Å². The minimum Gasteiger partial charge on any atom is -0.492 e. The highest BCUT2D eigenvalue weighted by atomic mass is 35.5. The van der Waals surface area contributed by atoms with Gasteiger partial charge in [0.1, 0.15) is 11.3 Å². The van der Waals surface area contributed by atoms with Crippen molar-refractivity contribution in [1.29, 1.82) is 0 Å². The van der Waals surface area contributed by atoms with Gasteiger partial charge in [-0.25, -0.2) is 5.43 Å². The predicted octanol–water partition coefficient (Wildman–Crippen LogP) is 3.25. The highest BCUT2D eigenvalue weighted by Gasteiger charge is 2.12. The molecule has 1 amide bonds. The minimum atomic E-state index is -0.562.